The van der Waals surface area contributed by atoms with Crippen LogP contribution in [0.3, 0.4) is 0 Å². The molecule has 0 bridgehead atoms. The summed E-state index contributed by atoms with van der Waals surface area (Å²) < 4.78 is 24.9. The lowest BCUT2D eigenvalue weighted by molar-refractivity contribution is 0.0744. The highest BCUT2D eigenvalue weighted by molar-refractivity contribution is 5.80. The molecule has 2 rings (SSSR count). The maximum absolute atomic E-state index is 12.5. The van der Waals surface area contributed by atoms with Gasteiger partial charge in [-0.1, -0.05) is 31.2 Å². The van der Waals surface area contributed by atoms with Gasteiger partial charge in [0.2, 0.25) is 0 Å². The monoisotopic (exact) mass is 366 g/mol. The van der Waals surface area contributed by atoms with E-state index in [1.807, 2.05) is 11.8 Å². The molecule has 1 aliphatic heterocycles. The van der Waals surface area contributed by atoms with E-state index in [4.69, 9.17) is 0 Å². The number of hydrogen-bond donors (Lipinski definition) is 2. The average Bonchev–Trinajstić information content (AvgIpc) is 2.63. The molecule has 2 N–H and O–H groups in total. The standard InChI is InChI=1S/C20H32F2N4/c1-3-16-5-7-17(8-6-16)9-12-24-20(23-4-2)25-18-10-13-26(14-11-18)15-19(21)22/h5-8,18-19H,3-4,9-15H2,1-2H3,(H2,23,24,25). The zero-order valence-corrected chi connectivity index (χ0v) is 16.0. The van der Waals surface area contributed by atoms with Crippen molar-refractivity contribution in [3.05, 3.63) is 35.4 Å². The number of nitrogens with zero attached hydrogens (tertiary/aromatic N) is 2. The van der Waals surface area contributed by atoms with Crippen molar-refractivity contribution in [3.63, 3.8) is 0 Å². The van der Waals surface area contributed by atoms with Crippen molar-refractivity contribution >= 4 is 5.96 Å². The molecule has 6 heteroatoms. The molecule has 0 spiro atoms. The summed E-state index contributed by atoms with van der Waals surface area (Å²) in [6.45, 7) is 7.05. The Morgan fingerprint density at radius 3 is 2.38 bits per heavy atom. The summed E-state index contributed by atoms with van der Waals surface area (Å²) in [5.74, 6) is 0.824. The summed E-state index contributed by atoms with van der Waals surface area (Å²) in [5.41, 5.74) is 2.65. The summed E-state index contributed by atoms with van der Waals surface area (Å²) in [4.78, 5) is 6.51. The van der Waals surface area contributed by atoms with Crippen LogP contribution in [-0.4, -0.2) is 56.1 Å². The van der Waals surface area contributed by atoms with Gasteiger partial charge in [0.05, 0.1) is 6.54 Å². The van der Waals surface area contributed by atoms with E-state index in [1.54, 1.807) is 0 Å². The second kappa shape index (κ2) is 11.1. The Morgan fingerprint density at radius 2 is 1.81 bits per heavy atom. The highest BCUT2D eigenvalue weighted by Gasteiger charge is 2.21. The summed E-state index contributed by atoms with van der Waals surface area (Å²) in [6.07, 6.45) is 1.46. The fourth-order valence-corrected chi connectivity index (χ4v) is 3.21. The van der Waals surface area contributed by atoms with Crippen LogP contribution in [-0.2, 0) is 12.8 Å². The van der Waals surface area contributed by atoms with Crippen LogP contribution in [0, 0.1) is 0 Å². The van der Waals surface area contributed by atoms with E-state index in [-0.39, 0.29) is 6.54 Å². The Balaban J connectivity index is 1.79. The van der Waals surface area contributed by atoms with Crippen LogP contribution < -0.4 is 10.6 Å². The zero-order valence-electron chi connectivity index (χ0n) is 16.0. The molecule has 1 aromatic rings. The van der Waals surface area contributed by atoms with Crippen molar-refractivity contribution in [1.82, 2.24) is 15.5 Å². The molecule has 1 aromatic carbocycles. The predicted molar refractivity (Wildman–Crippen MR) is 104 cm³/mol. The van der Waals surface area contributed by atoms with Gasteiger partial charge < -0.3 is 10.6 Å². The minimum atomic E-state index is -2.25. The summed E-state index contributed by atoms with van der Waals surface area (Å²) in [5, 5.41) is 6.74. The van der Waals surface area contributed by atoms with Gasteiger partial charge >= 0.3 is 0 Å². The number of guanidine groups is 1. The largest absolute Gasteiger partial charge is 0.357 e. The van der Waals surface area contributed by atoms with E-state index >= 15 is 0 Å². The first-order chi connectivity index (χ1) is 12.6. The fourth-order valence-electron chi connectivity index (χ4n) is 3.21. The van der Waals surface area contributed by atoms with Gasteiger partial charge in [0, 0.05) is 32.2 Å². The van der Waals surface area contributed by atoms with Gasteiger partial charge in [-0.3, -0.25) is 9.89 Å². The summed E-state index contributed by atoms with van der Waals surface area (Å²) >= 11 is 0. The molecule has 0 aromatic heterocycles. The van der Waals surface area contributed by atoms with Crippen molar-refractivity contribution < 1.29 is 8.78 Å². The average molecular weight is 367 g/mol. The van der Waals surface area contributed by atoms with Crippen LogP contribution >= 0.6 is 0 Å². The third-order valence-electron chi connectivity index (χ3n) is 4.77. The molecular formula is C20H32F2N4. The smallest absolute Gasteiger partial charge is 0.251 e. The molecule has 0 amide bonds. The number of likely N-dealkylation sites (tertiary alicyclic amines) is 1. The number of benzene rings is 1. The van der Waals surface area contributed by atoms with E-state index in [0.717, 1.165) is 44.7 Å². The highest BCUT2D eigenvalue weighted by atomic mass is 19.3. The number of aliphatic imine (C=N–C) groups is 1. The van der Waals surface area contributed by atoms with Crippen LogP contribution in [0.2, 0.25) is 0 Å². The lowest BCUT2D eigenvalue weighted by Crippen LogP contribution is -2.49. The summed E-state index contributed by atoms with van der Waals surface area (Å²) in [6, 6.07) is 9.00. The molecule has 0 atom stereocenters. The molecule has 4 nitrogen and oxygen atoms in total. The van der Waals surface area contributed by atoms with Gasteiger partial charge in [-0.25, -0.2) is 8.78 Å². The van der Waals surface area contributed by atoms with Crippen LogP contribution in [0.25, 0.3) is 0 Å². The number of nitrogens with one attached hydrogen (secondary N) is 2. The van der Waals surface area contributed by atoms with Gasteiger partial charge in [0.1, 0.15) is 0 Å². The number of piperidine rings is 1. The van der Waals surface area contributed by atoms with E-state index in [1.165, 1.54) is 11.1 Å². The van der Waals surface area contributed by atoms with Crippen molar-refractivity contribution in [3.8, 4) is 0 Å². The van der Waals surface area contributed by atoms with Crippen molar-refractivity contribution in [2.24, 2.45) is 4.99 Å². The topological polar surface area (TPSA) is 39.7 Å². The lowest BCUT2D eigenvalue weighted by Gasteiger charge is -2.32. The third-order valence-corrected chi connectivity index (χ3v) is 4.77. The molecule has 0 unspecified atom stereocenters. The molecule has 26 heavy (non-hydrogen) atoms. The van der Waals surface area contributed by atoms with Gasteiger partial charge in [0.15, 0.2) is 5.96 Å². The minimum absolute atomic E-state index is 0.113. The second-order valence-electron chi connectivity index (χ2n) is 6.79. The first-order valence-electron chi connectivity index (χ1n) is 9.73. The van der Waals surface area contributed by atoms with Gasteiger partial charge in [-0.15, -0.1) is 0 Å². The summed E-state index contributed by atoms with van der Waals surface area (Å²) in [7, 11) is 0. The molecule has 0 aliphatic carbocycles. The molecule has 1 saturated heterocycles. The predicted octanol–water partition coefficient (Wildman–Crippen LogP) is 3.08. The molecule has 1 fully saturated rings. The van der Waals surface area contributed by atoms with Crippen LogP contribution in [0.1, 0.15) is 37.8 Å². The first kappa shape index (κ1) is 20.6. The van der Waals surface area contributed by atoms with Crippen LogP contribution in [0.15, 0.2) is 29.3 Å². The fraction of sp³-hybridized carbons (Fsp3) is 0.650. The minimum Gasteiger partial charge on any atom is -0.357 e. The SMILES string of the molecule is CCNC(=NCCc1ccc(CC)cc1)NC1CCN(CC(F)F)CC1. The third kappa shape index (κ3) is 7.28. The highest BCUT2D eigenvalue weighted by Crippen LogP contribution is 2.12. The Bertz CT molecular complexity index is 537. The van der Waals surface area contributed by atoms with Gasteiger partial charge in [-0.2, -0.15) is 0 Å². The van der Waals surface area contributed by atoms with Crippen molar-refractivity contribution in [2.75, 3.05) is 32.7 Å². The Kier molecular flexibility index (Phi) is 8.81. The number of alkyl halides is 2. The van der Waals surface area contributed by atoms with E-state index in [9.17, 15) is 8.78 Å². The quantitative estimate of drug-likeness (QED) is 0.549. The number of hydrogen-bond acceptors (Lipinski definition) is 2. The van der Waals surface area contributed by atoms with Crippen molar-refractivity contribution in [2.45, 2.75) is 52.0 Å². The normalized spacial score (nSPS) is 16.9. The molecule has 146 valence electrons. The molecule has 0 radical (unpaired) electrons. The number of aryl methyl sites for hydroxylation is 1. The van der Waals surface area contributed by atoms with E-state index in [2.05, 4.69) is 46.8 Å². The Hall–Kier alpha value is -1.69. The first-order valence-corrected chi connectivity index (χ1v) is 9.73. The molecule has 0 saturated carbocycles. The van der Waals surface area contributed by atoms with E-state index in [0.29, 0.717) is 19.1 Å². The number of rotatable bonds is 8. The second-order valence-corrected chi connectivity index (χ2v) is 6.79. The Morgan fingerprint density at radius 1 is 1.15 bits per heavy atom. The number of halogens is 2. The van der Waals surface area contributed by atoms with Crippen molar-refractivity contribution in [1.29, 1.82) is 0 Å². The van der Waals surface area contributed by atoms with Gasteiger partial charge in [0.25, 0.3) is 6.43 Å². The zero-order chi connectivity index (χ0) is 18.8. The molecule has 1 heterocycles. The molecular weight excluding hydrogens is 334 g/mol. The Labute approximate surface area is 156 Å². The maximum Gasteiger partial charge on any atom is 0.251 e. The maximum atomic E-state index is 12.5. The van der Waals surface area contributed by atoms with Crippen LogP contribution in [0.4, 0.5) is 8.78 Å². The molecule has 1 aliphatic rings. The van der Waals surface area contributed by atoms with Gasteiger partial charge in [-0.05, 0) is 43.7 Å². The lowest BCUT2D eigenvalue weighted by atomic mass is 10.1. The van der Waals surface area contributed by atoms with Crippen LogP contribution in [0.5, 0.6) is 0 Å². The van der Waals surface area contributed by atoms with E-state index < -0.39 is 6.43 Å².